The van der Waals surface area contributed by atoms with Gasteiger partial charge in [-0.2, -0.15) is 9.40 Å². The molecular formula is C35H32N6O4S2. The summed E-state index contributed by atoms with van der Waals surface area (Å²) in [5.41, 5.74) is 5.93. The molecule has 0 bridgehead atoms. The van der Waals surface area contributed by atoms with Crippen molar-refractivity contribution in [1.82, 2.24) is 29.0 Å². The topological polar surface area (TPSA) is 111 Å². The first-order valence-corrected chi connectivity index (χ1v) is 17.5. The highest BCUT2D eigenvalue weighted by Crippen LogP contribution is 2.32. The number of amides is 1. The molecule has 0 atom stereocenters. The van der Waals surface area contributed by atoms with Crippen molar-refractivity contribution in [2.24, 2.45) is 0 Å². The summed E-state index contributed by atoms with van der Waals surface area (Å²) < 4.78 is 35.7. The van der Waals surface area contributed by atoms with E-state index in [1.54, 1.807) is 22.1 Å². The van der Waals surface area contributed by atoms with Crippen LogP contribution in [0.1, 0.15) is 21.6 Å². The Labute approximate surface area is 276 Å². The lowest BCUT2D eigenvalue weighted by Gasteiger charge is -2.33. The fraction of sp³-hybridized carbons (Fsp3) is 0.200. The molecule has 0 radical (unpaired) electrons. The minimum absolute atomic E-state index is 0.0319. The summed E-state index contributed by atoms with van der Waals surface area (Å²) in [6.07, 6.45) is 0. The van der Waals surface area contributed by atoms with Crippen LogP contribution in [0.5, 0.6) is 5.75 Å². The van der Waals surface area contributed by atoms with Gasteiger partial charge in [-0.3, -0.25) is 4.79 Å². The van der Waals surface area contributed by atoms with Crippen LogP contribution in [0.4, 0.5) is 0 Å². The molecule has 0 saturated carbocycles. The van der Waals surface area contributed by atoms with E-state index in [0.717, 1.165) is 22.4 Å². The van der Waals surface area contributed by atoms with Crippen molar-refractivity contribution in [2.45, 2.75) is 18.9 Å². The molecule has 10 nitrogen and oxygen atoms in total. The molecule has 12 heteroatoms. The summed E-state index contributed by atoms with van der Waals surface area (Å²) in [5.74, 6) is 0.517. The average Bonchev–Trinajstić information content (AvgIpc) is 3.74. The highest BCUT2D eigenvalue weighted by atomic mass is 32.2. The van der Waals surface area contributed by atoms with E-state index in [0.29, 0.717) is 38.7 Å². The summed E-state index contributed by atoms with van der Waals surface area (Å²) in [6.45, 7) is 4.64. The Kier molecular flexibility index (Phi) is 8.08. The molecule has 0 N–H and O–H groups in total. The van der Waals surface area contributed by atoms with Gasteiger partial charge in [0.2, 0.25) is 0 Å². The third-order valence-corrected chi connectivity index (χ3v) is 11.2. The second kappa shape index (κ2) is 12.4. The number of carbonyl (C=O) groups is 1. The number of thiazole rings is 1. The van der Waals surface area contributed by atoms with Crippen LogP contribution in [0.25, 0.3) is 38.5 Å². The number of rotatable bonds is 7. The normalized spacial score (nSPS) is 14.1. The summed E-state index contributed by atoms with van der Waals surface area (Å²) in [5, 5.41) is 7.74. The van der Waals surface area contributed by atoms with Crippen LogP contribution in [0.2, 0.25) is 0 Å². The fourth-order valence-corrected chi connectivity index (χ4v) is 8.44. The maximum atomic E-state index is 14.3. The lowest BCUT2D eigenvalue weighted by atomic mass is 10.0. The van der Waals surface area contributed by atoms with Gasteiger partial charge < -0.3 is 9.64 Å². The molecule has 1 aliphatic heterocycles. The zero-order valence-corrected chi connectivity index (χ0v) is 27.8. The number of ether oxygens (including phenoxy) is 1. The molecule has 0 spiro atoms. The maximum absolute atomic E-state index is 14.3. The van der Waals surface area contributed by atoms with E-state index in [1.165, 1.54) is 15.6 Å². The van der Waals surface area contributed by atoms with Gasteiger partial charge in [-0.15, -0.1) is 11.3 Å². The Morgan fingerprint density at radius 1 is 0.872 bits per heavy atom. The predicted octanol–water partition coefficient (Wildman–Crippen LogP) is 5.98. The molecule has 1 fully saturated rings. The van der Waals surface area contributed by atoms with E-state index in [9.17, 15) is 13.2 Å². The average molecular weight is 665 g/mol. The SMILES string of the molecule is COc1ccc(-c2cc(C(=O)N3CCN(S(=O)(=O)c4csc(-c5ccccc5C)n4)CC3)c3c(C)nn(-c4ccccc4)c3n2)cc1. The standard InChI is InChI=1S/C35H32N6O4S2/c1-23-9-7-8-12-28(23)34-37-31(22-46-34)47(43,44)40-19-17-39(18-20-40)35(42)29-21-30(25-13-15-27(45-3)16-14-25)36-33-32(29)24(2)38-41(33)26-10-5-4-6-11-26/h4-16,21-22H,17-20H2,1-3H3. The van der Waals surface area contributed by atoms with Crippen LogP contribution in [0.15, 0.2) is 95.3 Å². The molecular weight excluding hydrogens is 633 g/mol. The summed E-state index contributed by atoms with van der Waals surface area (Å²) >= 11 is 1.31. The number of para-hydroxylation sites is 1. The van der Waals surface area contributed by atoms with Crippen molar-refractivity contribution in [1.29, 1.82) is 0 Å². The van der Waals surface area contributed by atoms with E-state index in [1.807, 2.05) is 98.8 Å². The van der Waals surface area contributed by atoms with Gasteiger partial charge in [-0.1, -0.05) is 42.5 Å². The quantitative estimate of drug-likeness (QED) is 0.206. The van der Waals surface area contributed by atoms with E-state index in [4.69, 9.17) is 14.8 Å². The Bertz CT molecular complexity index is 2200. The molecule has 0 unspecified atom stereocenters. The predicted molar refractivity (Wildman–Crippen MR) is 183 cm³/mol. The largest absolute Gasteiger partial charge is 0.497 e. The second-order valence-corrected chi connectivity index (χ2v) is 14.1. The number of benzene rings is 3. The van der Waals surface area contributed by atoms with Crippen LogP contribution < -0.4 is 4.74 Å². The monoisotopic (exact) mass is 664 g/mol. The lowest BCUT2D eigenvalue weighted by Crippen LogP contribution is -2.50. The smallest absolute Gasteiger partial charge is 0.261 e. The highest BCUT2D eigenvalue weighted by Gasteiger charge is 2.33. The lowest BCUT2D eigenvalue weighted by molar-refractivity contribution is 0.0699. The Morgan fingerprint density at radius 3 is 2.28 bits per heavy atom. The van der Waals surface area contributed by atoms with Crippen LogP contribution in [-0.4, -0.2) is 76.6 Å². The number of hydrogen-bond acceptors (Lipinski definition) is 8. The van der Waals surface area contributed by atoms with Crippen molar-refractivity contribution in [3.05, 3.63) is 107 Å². The first-order chi connectivity index (χ1) is 22.7. The van der Waals surface area contributed by atoms with E-state index in [2.05, 4.69) is 4.98 Å². The number of sulfonamides is 1. The minimum Gasteiger partial charge on any atom is -0.497 e. The maximum Gasteiger partial charge on any atom is 0.261 e. The molecule has 3 aromatic carbocycles. The number of carbonyl (C=O) groups excluding carboxylic acids is 1. The van der Waals surface area contributed by atoms with Crippen LogP contribution in [0.3, 0.4) is 0 Å². The van der Waals surface area contributed by atoms with E-state index >= 15 is 0 Å². The highest BCUT2D eigenvalue weighted by molar-refractivity contribution is 7.89. The number of methoxy groups -OCH3 is 1. The molecule has 1 amide bonds. The minimum atomic E-state index is -3.83. The van der Waals surface area contributed by atoms with Gasteiger partial charge in [0.05, 0.1) is 35.1 Å². The first kappa shape index (κ1) is 30.7. The number of nitrogens with zero attached hydrogens (tertiary/aromatic N) is 6. The van der Waals surface area contributed by atoms with Crippen LogP contribution in [-0.2, 0) is 10.0 Å². The first-order valence-electron chi connectivity index (χ1n) is 15.2. The molecule has 1 aliphatic rings. The zero-order valence-electron chi connectivity index (χ0n) is 26.1. The zero-order chi connectivity index (χ0) is 32.7. The molecule has 238 valence electrons. The van der Waals surface area contributed by atoms with Gasteiger partial charge in [0.15, 0.2) is 10.7 Å². The molecule has 0 aliphatic carbocycles. The van der Waals surface area contributed by atoms with Crippen molar-refractivity contribution < 1.29 is 17.9 Å². The molecule has 6 aromatic rings. The third-order valence-electron chi connectivity index (χ3n) is 8.42. The summed E-state index contributed by atoms with van der Waals surface area (Å²) in [6, 6.07) is 26.8. The van der Waals surface area contributed by atoms with Crippen LogP contribution in [0, 0.1) is 13.8 Å². The number of fused-ring (bicyclic) bond motifs is 1. The summed E-state index contributed by atoms with van der Waals surface area (Å²) in [4.78, 5) is 25.5. The Hall–Kier alpha value is -4.91. The van der Waals surface area contributed by atoms with Gasteiger partial charge in [0, 0.05) is 42.7 Å². The Balaban J connectivity index is 1.19. The van der Waals surface area contributed by atoms with Crippen molar-refractivity contribution in [2.75, 3.05) is 33.3 Å². The number of hydrogen-bond donors (Lipinski definition) is 0. The number of piperazine rings is 1. The second-order valence-electron chi connectivity index (χ2n) is 11.3. The van der Waals surface area contributed by atoms with Gasteiger partial charge >= 0.3 is 0 Å². The number of aromatic nitrogens is 4. The van der Waals surface area contributed by atoms with Crippen LogP contribution >= 0.6 is 11.3 Å². The molecule has 4 heterocycles. The molecule has 1 saturated heterocycles. The Morgan fingerprint density at radius 2 is 1.57 bits per heavy atom. The molecule has 47 heavy (non-hydrogen) atoms. The number of aryl methyl sites for hydroxylation is 2. The molecule has 3 aromatic heterocycles. The number of pyridine rings is 1. The van der Waals surface area contributed by atoms with Gasteiger partial charge in [-0.25, -0.2) is 23.1 Å². The molecule has 7 rings (SSSR count). The van der Waals surface area contributed by atoms with Gasteiger partial charge in [0.25, 0.3) is 15.9 Å². The van der Waals surface area contributed by atoms with Gasteiger partial charge in [0.1, 0.15) is 10.8 Å². The fourth-order valence-electron chi connectivity index (χ4n) is 5.86. The van der Waals surface area contributed by atoms with E-state index in [-0.39, 0.29) is 37.1 Å². The summed E-state index contributed by atoms with van der Waals surface area (Å²) in [7, 11) is -2.22. The van der Waals surface area contributed by atoms with Crippen molar-refractivity contribution >= 4 is 38.3 Å². The van der Waals surface area contributed by atoms with Crippen molar-refractivity contribution in [3.8, 4) is 33.3 Å². The van der Waals surface area contributed by atoms with Crippen molar-refractivity contribution in [3.63, 3.8) is 0 Å². The third kappa shape index (κ3) is 5.69. The van der Waals surface area contributed by atoms with Gasteiger partial charge in [-0.05, 0) is 61.9 Å². The van der Waals surface area contributed by atoms with E-state index < -0.39 is 10.0 Å².